The average molecular weight is 147 g/mol. The molecule has 0 aromatic carbocycles. The van der Waals surface area contributed by atoms with Gasteiger partial charge in [0.05, 0.1) is 6.10 Å². The highest BCUT2D eigenvalue weighted by atomic mass is 16.5. The smallest absolute Gasteiger partial charge is 0.136 e. The van der Waals surface area contributed by atoms with Crippen LogP contribution in [0.2, 0.25) is 0 Å². The summed E-state index contributed by atoms with van der Waals surface area (Å²) in [6.45, 7) is 1.80. The molecule has 0 spiro atoms. The highest BCUT2D eigenvalue weighted by Gasteiger charge is 2.38. The van der Waals surface area contributed by atoms with E-state index in [0.717, 1.165) is 0 Å². The molecule has 1 rings (SSSR count). The topological polar surface area (TPSA) is 61.7 Å². The Labute approximate surface area is 59.8 Å². The lowest BCUT2D eigenvalue weighted by molar-refractivity contribution is -0.0424. The second-order valence-corrected chi connectivity index (χ2v) is 2.59. The number of methoxy groups -OCH3 is 1. The maximum absolute atomic E-state index is 9.19. The maximum Gasteiger partial charge on any atom is 0.136 e. The van der Waals surface area contributed by atoms with Crippen molar-refractivity contribution in [2.75, 3.05) is 7.11 Å². The molecule has 0 radical (unpaired) electrons. The lowest BCUT2D eigenvalue weighted by atomic mass is 10.2. The highest BCUT2D eigenvalue weighted by Crippen LogP contribution is 2.13. The molecular weight excluding hydrogens is 134 g/mol. The molecule has 0 aromatic rings. The largest absolute Gasteiger partial charge is 0.389 e. The van der Waals surface area contributed by atoms with Crippen molar-refractivity contribution in [1.82, 2.24) is 5.32 Å². The van der Waals surface area contributed by atoms with Gasteiger partial charge in [0.2, 0.25) is 0 Å². The van der Waals surface area contributed by atoms with Crippen LogP contribution in [0.5, 0.6) is 0 Å². The minimum Gasteiger partial charge on any atom is -0.389 e. The van der Waals surface area contributed by atoms with Gasteiger partial charge < -0.3 is 14.9 Å². The number of nitrogens with one attached hydrogen (secondary N) is 1. The van der Waals surface area contributed by atoms with Crippen molar-refractivity contribution in [1.29, 1.82) is 0 Å². The Kier molecular flexibility index (Phi) is 2.25. The summed E-state index contributed by atoms with van der Waals surface area (Å²) >= 11 is 0. The zero-order chi connectivity index (χ0) is 7.72. The fraction of sp³-hybridized carbons (Fsp3) is 1.00. The molecule has 4 nitrogen and oxygen atoms in total. The van der Waals surface area contributed by atoms with Crippen LogP contribution in [-0.2, 0) is 4.74 Å². The Morgan fingerprint density at radius 2 is 1.90 bits per heavy atom. The molecule has 1 saturated heterocycles. The van der Waals surface area contributed by atoms with Gasteiger partial charge in [0.15, 0.2) is 0 Å². The summed E-state index contributed by atoms with van der Waals surface area (Å²) < 4.78 is 4.84. The first-order valence-electron chi connectivity index (χ1n) is 3.32. The van der Waals surface area contributed by atoms with Crippen LogP contribution in [0.25, 0.3) is 0 Å². The van der Waals surface area contributed by atoms with Gasteiger partial charge >= 0.3 is 0 Å². The average Bonchev–Trinajstić information content (AvgIpc) is 2.17. The number of aliphatic hydroxyl groups is 2. The van der Waals surface area contributed by atoms with E-state index in [-0.39, 0.29) is 6.04 Å². The van der Waals surface area contributed by atoms with E-state index in [1.807, 2.05) is 0 Å². The summed E-state index contributed by atoms with van der Waals surface area (Å²) in [5.74, 6) is 0. The summed E-state index contributed by atoms with van der Waals surface area (Å²) in [6.07, 6.45) is -1.95. The van der Waals surface area contributed by atoms with Crippen molar-refractivity contribution in [3.63, 3.8) is 0 Å². The monoisotopic (exact) mass is 147 g/mol. The van der Waals surface area contributed by atoms with Gasteiger partial charge in [-0.2, -0.15) is 0 Å². The zero-order valence-corrected chi connectivity index (χ0v) is 6.11. The van der Waals surface area contributed by atoms with E-state index in [4.69, 9.17) is 4.74 Å². The first-order chi connectivity index (χ1) is 4.66. The van der Waals surface area contributed by atoms with Crippen LogP contribution < -0.4 is 5.32 Å². The number of hydrogen-bond acceptors (Lipinski definition) is 4. The fourth-order valence-electron chi connectivity index (χ4n) is 1.14. The van der Waals surface area contributed by atoms with Crippen molar-refractivity contribution < 1.29 is 14.9 Å². The van der Waals surface area contributed by atoms with Gasteiger partial charge in [-0.1, -0.05) is 0 Å². The fourth-order valence-corrected chi connectivity index (χ4v) is 1.14. The quantitative estimate of drug-likeness (QED) is 0.430. The Morgan fingerprint density at radius 1 is 1.30 bits per heavy atom. The first-order valence-corrected chi connectivity index (χ1v) is 3.32. The molecule has 3 N–H and O–H groups in total. The molecule has 0 aromatic heterocycles. The van der Waals surface area contributed by atoms with E-state index in [1.165, 1.54) is 7.11 Å². The molecule has 10 heavy (non-hydrogen) atoms. The van der Waals surface area contributed by atoms with Crippen LogP contribution in [0.1, 0.15) is 6.92 Å². The number of aliphatic hydroxyl groups excluding tert-OH is 2. The Bertz CT molecular complexity index is 120. The lowest BCUT2D eigenvalue weighted by Crippen LogP contribution is -2.34. The normalized spacial score (nSPS) is 48.0. The summed E-state index contributed by atoms with van der Waals surface area (Å²) in [4.78, 5) is 0. The number of ether oxygens (including phenoxy) is 1. The second kappa shape index (κ2) is 2.84. The molecular formula is C6H13NO3. The van der Waals surface area contributed by atoms with E-state index in [9.17, 15) is 10.2 Å². The molecule has 1 fully saturated rings. The summed E-state index contributed by atoms with van der Waals surface area (Å²) in [7, 11) is 1.49. The molecule has 1 aliphatic heterocycles. The van der Waals surface area contributed by atoms with Crippen LogP contribution in [0, 0.1) is 0 Å². The van der Waals surface area contributed by atoms with Gasteiger partial charge in [-0.05, 0) is 6.92 Å². The standard InChI is InChI=1S/C6H13NO3/c1-3-4(8)5(9)6(7-3)10-2/h3-9H,1-2H3/t3-,4-,5-,6+/m0/s1. The Hall–Kier alpha value is -0.160. The molecule has 0 aliphatic carbocycles. The van der Waals surface area contributed by atoms with Gasteiger partial charge in [-0.25, -0.2) is 0 Å². The molecule has 4 atom stereocenters. The van der Waals surface area contributed by atoms with E-state index < -0.39 is 18.4 Å². The molecule has 0 amide bonds. The van der Waals surface area contributed by atoms with Gasteiger partial charge in [0.25, 0.3) is 0 Å². The molecule has 0 unspecified atom stereocenters. The van der Waals surface area contributed by atoms with Gasteiger partial charge in [0.1, 0.15) is 12.3 Å². The zero-order valence-electron chi connectivity index (χ0n) is 6.11. The van der Waals surface area contributed by atoms with Crippen LogP contribution in [0.4, 0.5) is 0 Å². The second-order valence-electron chi connectivity index (χ2n) is 2.59. The molecule has 4 heteroatoms. The number of rotatable bonds is 1. The van der Waals surface area contributed by atoms with Crippen molar-refractivity contribution in [3.8, 4) is 0 Å². The Morgan fingerprint density at radius 3 is 2.10 bits per heavy atom. The van der Waals surface area contributed by atoms with E-state index >= 15 is 0 Å². The summed E-state index contributed by atoms with van der Waals surface area (Å²) in [5.41, 5.74) is 0. The minimum absolute atomic E-state index is 0.0973. The minimum atomic E-state index is -0.806. The highest BCUT2D eigenvalue weighted by molar-refractivity contribution is 4.91. The van der Waals surface area contributed by atoms with Gasteiger partial charge in [0, 0.05) is 13.2 Å². The van der Waals surface area contributed by atoms with Crippen LogP contribution in [0.15, 0.2) is 0 Å². The third kappa shape index (κ3) is 1.15. The van der Waals surface area contributed by atoms with Crippen LogP contribution in [0.3, 0.4) is 0 Å². The predicted octanol–water partition coefficient (Wildman–Crippen LogP) is -1.33. The maximum atomic E-state index is 9.19. The molecule has 60 valence electrons. The molecule has 0 bridgehead atoms. The van der Waals surface area contributed by atoms with Crippen molar-refractivity contribution in [3.05, 3.63) is 0 Å². The summed E-state index contributed by atoms with van der Waals surface area (Å²) in [5, 5.41) is 21.2. The molecule has 0 saturated carbocycles. The van der Waals surface area contributed by atoms with Crippen molar-refractivity contribution in [2.24, 2.45) is 0 Å². The Balaban J connectivity index is 2.53. The van der Waals surface area contributed by atoms with Crippen LogP contribution >= 0.6 is 0 Å². The number of hydrogen-bond donors (Lipinski definition) is 3. The predicted molar refractivity (Wildman–Crippen MR) is 35.4 cm³/mol. The third-order valence-electron chi connectivity index (χ3n) is 1.85. The van der Waals surface area contributed by atoms with Crippen molar-refractivity contribution in [2.45, 2.75) is 31.4 Å². The van der Waals surface area contributed by atoms with E-state index in [0.29, 0.717) is 0 Å². The van der Waals surface area contributed by atoms with E-state index in [1.54, 1.807) is 6.92 Å². The van der Waals surface area contributed by atoms with Crippen LogP contribution in [-0.4, -0.2) is 41.8 Å². The van der Waals surface area contributed by atoms with Gasteiger partial charge in [-0.15, -0.1) is 0 Å². The molecule has 1 aliphatic rings. The third-order valence-corrected chi connectivity index (χ3v) is 1.85. The van der Waals surface area contributed by atoms with E-state index in [2.05, 4.69) is 5.32 Å². The first kappa shape index (κ1) is 7.94. The van der Waals surface area contributed by atoms with Crippen molar-refractivity contribution >= 4 is 0 Å². The lowest BCUT2D eigenvalue weighted by Gasteiger charge is -2.12. The van der Waals surface area contributed by atoms with Gasteiger partial charge in [-0.3, -0.25) is 5.32 Å². The SMILES string of the molecule is CO[C@H]1N[C@@H](C)[C@H](O)[C@@H]1O. The molecule has 1 heterocycles. The summed E-state index contributed by atoms with van der Waals surface area (Å²) in [6, 6.07) is -0.0973.